The van der Waals surface area contributed by atoms with Crippen LogP contribution in [-0.2, 0) is 4.79 Å². The Balaban J connectivity index is 0.000000461. The van der Waals surface area contributed by atoms with Crippen LogP contribution in [0, 0.1) is 10.8 Å². The molecule has 0 radical (unpaired) electrons. The minimum absolute atomic E-state index is 0.409. The van der Waals surface area contributed by atoms with Crippen LogP contribution in [0.15, 0.2) is 30.3 Å². The molecular weight excluding hydrogens is 180 g/mol. The van der Waals surface area contributed by atoms with E-state index in [1.165, 1.54) is 6.08 Å². The largest absolute Gasteiger partial charge is 0.286 e. The molecule has 4 nitrogen and oxygen atoms in total. The van der Waals surface area contributed by atoms with E-state index in [-0.39, 0.29) is 0 Å². The minimum Gasteiger partial charge on any atom is -0.286 e. The van der Waals surface area contributed by atoms with Gasteiger partial charge in [-0.25, -0.2) is 0 Å². The first-order valence-electron chi connectivity index (χ1n) is 3.85. The van der Waals surface area contributed by atoms with Crippen molar-refractivity contribution < 1.29 is 9.59 Å². The lowest BCUT2D eigenvalue weighted by molar-refractivity contribution is -0.110. The zero-order valence-corrected chi connectivity index (χ0v) is 7.18. The van der Waals surface area contributed by atoms with Crippen molar-refractivity contribution in [3.05, 3.63) is 41.5 Å². The van der Waals surface area contributed by atoms with Crippen LogP contribution in [0.2, 0.25) is 0 Å². The Morgan fingerprint density at radius 2 is 1.57 bits per heavy atom. The Labute approximate surface area is 80.3 Å². The van der Waals surface area contributed by atoms with Crippen LogP contribution in [0.3, 0.4) is 0 Å². The molecule has 0 N–H and O–H groups in total. The Bertz CT molecular complexity index is 433. The number of rotatable bonds is 0. The standard InChI is InChI=1S/C10H6O2.N2/c11-9-6-5-7-3-1-2-4-8(7)10(9)12;1-2/h1-6H;. The SMILES string of the molecule is N#N.O=C1C=Cc2ccccc2C1=O. The molecule has 1 aliphatic carbocycles. The molecule has 1 aromatic carbocycles. The van der Waals surface area contributed by atoms with Crippen LogP contribution >= 0.6 is 0 Å². The molecule has 68 valence electrons. The van der Waals surface area contributed by atoms with Crippen molar-refractivity contribution in [2.75, 3.05) is 0 Å². The summed E-state index contributed by atoms with van der Waals surface area (Å²) in [5, 5.41) is 12.0. The van der Waals surface area contributed by atoms with Gasteiger partial charge in [0.15, 0.2) is 0 Å². The first-order valence-corrected chi connectivity index (χ1v) is 3.85. The second kappa shape index (κ2) is 4.10. The monoisotopic (exact) mass is 186 g/mol. The number of benzene rings is 1. The number of hydrogen-bond acceptors (Lipinski definition) is 4. The Morgan fingerprint density at radius 1 is 0.929 bits per heavy atom. The number of fused-ring (bicyclic) bond motifs is 1. The summed E-state index contributed by atoms with van der Waals surface area (Å²) in [6, 6.07) is 7.07. The Kier molecular flexibility index (Phi) is 2.87. The van der Waals surface area contributed by atoms with E-state index in [1.807, 2.05) is 12.1 Å². The van der Waals surface area contributed by atoms with Gasteiger partial charge in [-0.2, -0.15) is 0 Å². The van der Waals surface area contributed by atoms with Gasteiger partial charge in [-0.15, -0.1) is 0 Å². The second-order valence-corrected chi connectivity index (χ2v) is 2.61. The molecule has 1 aliphatic rings. The third kappa shape index (κ3) is 1.57. The summed E-state index contributed by atoms with van der Waals surface area (Å²) in [5.74, 6) is -0.846. The lowest BCUT2D eigenvalue weighted by atomic mass is 9.96. The number of Topliss-reactive ketones (excluding diaryl/α,β-unsaturated/α-hetero) is 1. The van der Waals surface area contributed by atoms with Gasteiger partial charge < -0.3 is 0 Å². The van der Waals surface area contributed by atoms with Crippen LogP contribution < -0.4 is 0 Å². The van der Waals surface area contributed by atoms with Gasteiger partial charge >= 0.3 is 0 Å². The molecule has 0 bridgehead atoms. The zero-order chi connectivity index (χ0) is 10.6. The molecule has 0 saturated heterocycles. The first-order chi connectivity index (χ1) is 6.79. The predicted octanol–water partition coefficient (Wildman–Crippen LogP) is 1.50. The molecule has 1 aromatic rings. The van der Waals surface area contributed by atoms with E-state index in [9.17, 15) is 9.59 Å². The molecule has 0 amide bonds. The highest BCUT2D eigenvalue weighted by molar-refractivity contribution is 6.49. The van der Waals surface area contributed by atoms with Crippen molar-refractivity contribution in [3.63, 3.8) is 0 Å². The summed E-state index contributed by atoms with van der Waals surface area (Å²) in [6.07, 6.45) is 2.98. The van der Waals surface area contributed by atoms with E-state index < -0.39 is 11.6 Å². The van der Waals surface area contributed by atoms with Gasteiger partial charge in [0.2, 0.25) is 11.6 Å². The fourth-order valence-corrected chi connectivity index (χ4v) is 1.22. The number of allylic oxidation sites excluding steroid dienone is 1. The van der Waals surface area contributed by atoms with Gasteiger partial charge in [-0.05, 0) is 11.6 Å². The molecule has 4 heteroatoms. The fourth-order valence-electron chi connectivity index (χ4n) is 1.22. The minimum atomic E-state index is -0.436. The lowest BCUT2D eigenvalue weighted by Crippen LogP contribution is -2.15. The summed E-state index contributed by atoms with van der Waals surface area (Å²) in [6.45, 7) is 0. The topological polar surface area (TPSA) is 81.7 Å². The van der Waals surface area contributed by atoms with E-state index in [0.717, 1.165) is 5.56 Å². The van der Waals surface area contributed by atoms with E-state index in [2.05, 4.69) is 0 Å². The van der Waals surface area contributed by atoms with Crippen molar-refractivity contribution in [1.29, 1.82) is 10.8 Å². The highest BCUT2D eigenvalue weighted by Gasteiger charge is 2.19. The van der Waals surface area contributed by atoms with E-state index in [1.54, 1.807) is 18.2 Å². The Morgan fingerprint density at radius 3 is 2.29 bits per heavy atom. The highest BCUT2D eigenvalue weighted by atomic mass is 16.2. The average molecular weight is 186 g/mol. The van der Waals surface area contributed by atoms with Crippen LogP contribution in [0.25, 0.3) is 6.08 Å². The van der Waals surface area contributed by atoms with Crippen LogP contribution in [0.5, 0.6) is 0 Å². The summed E-state index contributed by atoms with van der Waals surface area (Å²) < 4.78 is 0. The van der Waals surface area contributed by atoms with Gasteiger partial charge in [-0.1, -0.05) is 30.3 Å². The van der Waals surface area contributed by atoms with Gasteiger partial charge in [0, 0.05) is 16.3 Å². The second-order valence-electron chi connectivity index (χ2n) is 2.61. The molecule has 0 saturated carbocycles. The lowest BCUT2D eigenvalue weighted by Gasteiger charge is -2.06. The van der Waals surface area contributed by atoms with Gasteiger partial charge in [0.1, 0.15) is 0 Å². The van der Waals surface area contributed by atoms with Crippen molar-refractivity contribution in [2.24, 2.45) is 0 Å². The maximum atomic E-state index is 11.2. The van der Waals surface area contributed by atoms with E-state index in [4.69, 9.17) is 10.8 Å². The first kappa shape index (κ1) is 9.81. The van der Waals surface area contributed by atoms with Gasteiger partial charge in [0.05, 0.1) is 0 Å². The molecule has 2 rings (SSSR count). The van der Waals surface area contributed by atoms with Crippen molar-refractivity contribution in [3.8, 4) is 0 Å². The molecule has 0 unspecified atom stereocenters. The molecule has 0 atom stereocenters. The summed E-state index contributed by atoms with van der Waals surface area (Å²) in [5.41, 5.74) is 1.33. The molecule has 0 heterocycles. The highest BCUT2D eigenvalue weighted by Crippen LogP contribution is 2.16. The van der Waals surface area contributed by atoms with Gasteiger partial charge in [-0.3, -0.25) is 9.59 Å². The maximum Gasteiger partial charge on any atom is 0.233 e. The van der Waals surface area contributed by atoms with Crippen molar-refractivity contribution >= 4 is 17.6 Å². The molecule has 0 aromatic heterocycles. The fraction of sp³-hybridized carbons (Fsp3) is 0. The quantitative estimate of drug-likeness (QED) is 0.454. The summed E-state index contributed by atoms with van der Waals surface area (Å²) in [4.78, 5) is 22.1. The van der Waals surface area contributed by atoms with E-state index >= 15 is 0 Å². The normalized spacial score (nSPS) is 12.7. The molecular formula is C10H6N2O2. The molecule has 0 aliphatic heterocycles. The van der Waals surface area contributed by atoms with Crippen LogP contribution in [-0.4, -0.2) is 11.6 Å². The number of hydrogen-bond donors (Lipinski definition) is 0. The predicted molar refractivity (Wildman–Crippen MR) is 48.3 cm³/mol. The van der Waals surface area contributed by atoms with Gasteiger partial charge in [0.25, 0.3) is 0 Å². The number of nitrogens with zero attached hydrogens (tertiary/aromatic N) is 2. The molecule has 14 heavy (non-hydrogen) atoms. The summed E-state index contributed by atoms with van der Waals surface area (Å²) in [7, 11) is 0. The van der Waals surface area contributed by atoms with E-state index in [0.29, 0.717) is 5.56 Å². The molecule has 0 spiro atoms. The summed E-state index contributed by atoms with van der Waals surface area (Å²) >= 11 is 0. The number of ketones is 2. The number of carbonyl (C=O) groups excluding carboxylic acids is 2. The number of carbonyl (C=O) groups is 2. The average Bonchev–Trinajstić information content (AvgIpc) is 2.27. The maximum absolute atomic E-state index is 11.2. The van der Waals surface area contributed by atoms with Crippen molar-refractivity contribution in [2.45, 2.75) is 0 Å². The Hall–Kier alpha value is -2.28. The third-order valence-corrected chi connectivity index (χ3v) is 1.84. The third-order valence-electron chi connectivity index (χ3n) is 1.84. The van der Waals surface area contributed by atoms with Crippen molar-refractivity contribution in [1.82, 2.24) is 0 Å². The van der Waals surface area contributed by atoms with Crippen LogP contribution in [0.1, 0.15) is 15.9 Å². The molecule has 0 fully saturated rings. The zero-order valence-electron chi connectivity index (χ0n) is 7.18. The smallest absolute Gasteiger partial charge is 0.233 e. The van der Waals surface area contributed by atoms with Crippen LogP contribution in [0.4, 0.5) is 0 Å².